The second kappa shape index (κ2) is 9.27. The molecule has 0 atom stereocenters. The number of para-hydroxylation sites is 1. The SMILES string of the molecule is Cc1ccc(NC(=O)/C=C2\SC(=O)N(CC(=O)Nc3ccccc3C(F)(F)F)C2=O)cc1. The molecule has 32 heavy (non-hydrogen) atoms. The third kappa shape index (κ3) is 5.55. The highest BCUT2D eigenvalue weighted by Crippen LogP contribution is 2.35. The van der Waals surface area contributed by atoms with Gasteiger partial charge in [0.1, 0.15) is 6.54 Å². The molecule has 3 rings (SSSR count). The van der Waals surface area contributed by atoms with Crippen molar-refractivity contribution >= 4 is 46.1 Å². The van der Waals surface area contributed by atoms with E-state index in [2.05, 4.69) is 10.6 Å². The van der Waals surface area contributed by atoms with Gasteiger partial charge in [-0.25, -0.2) is 0 Å². The van der Waals surface area contributed by atoms with Gasteiger partial charge < -0.3 is 10.6 Å². The Bertz CT molecular complexity index is 1110. The van der Waals surface area contributed by atoms with Gasteiger partial charge in [-0.15, -0.1) is 0 Å². The van der Waals surface area contributed by atoms with E-state index in [-0.39, 0.29) is 4.91 Å². The summed E-state index contributed by atoms with van der Waals surface area (Å²) in [6.45, 7) is 1.08. The lowest BCUT2D eigenvalue weighted by Gasteiger charge is -2.15. The summed E-state index contributed by atoms with van der Waals surface area (Å²) in [5, 5.41) is 3.79. The number of halogens is 3. The van der Waals surface area contributed by atoms with Crippen LogP contribution >= 0.6 is 11.8 Å². The number of imide groups is 1. The summed E-state index contributed by atoms with van der Waals surface area (Å²) in [5.41, 5.74) is -0.0841. The number of anilines is 2. The van der Waals surface area contributed by atoms with E-state index in [0.717, 1.165) is 23.8 Å². The second-order valence-corrected chi connectivity index (χ2v) is 7.71. The molecule has 1 heterocycles. The number of aryl methyl sites for hydroxylation is 1. The number of hydrogen-bond donors (Lipinski definition) is 2. The van der Waals surface area contributed by atoms with Crippen LogP contribution in [0.15, 0.2) is 59.5 Å². The van der Waals surface area contributed by atoms with Crippen molar-refractivity contribution in [1.29, 1.82) is 0 Å². The number of hydrogen-bond acceptors (Lipinski definition) is 5. The molecule has 0 saturated carbocycles. The van der Waals surface area contributed by atoms with Crippen LogP contribution in [0.2, 0.25) is 0 Å². The number of nitrogens with zero attached hydrogens (tertiary/aromatic N) is 1. The molecule has 166 valence electrons. The molecule has 2 aromatic rings. The third-order valence-electron chi connectivity index (χ3n) is 4.26. The molecule has 4 amide bonds. The summed E-state index contributed by atoms with van der Waals surface area (Å²) in [6.07, 6.45) is -3.76. The van der Waals surface area contributed by atoms with E-state index in [9.17, 15) is 32.3 Å². The van der Waals surface area contributed by atoms with Crippen LogP contribution in [0, 0.1) is 6.92 Å². The third-order valence-corrected chi connectivity index (χ3v) is 5.17. The van der Waals surface area contributed by atoms with Crippen molar-refractivity contribution in [2.75, 3.05) is 17.2 Å². The fraction of sp³-hybridized carbons (Fsp3) is 0.143. The predicted molar refractivity (Wildman–Crippen MR) is 113 cm³/mol. The standard InChI is InChI=1S/C21H16F3N3O4S/c1-12-6-8-13(9-7-12)25-17(28)10-16-19(30)27(20(31)32-16)11-18(29)26-15-5-3-2-4-14(15)21(22,23)24/h2-10H,11H2,1H3,(H,25,28)(H,26,29)/b16-10-. The normalized spacial score (nSPS) is 15.2. The first-order chi connectivity index (χ1) is 15.0. The lowest BCUT2D eigenvalue weighted by Crippen LogP contribution is -2.36. The summed E-state index contributed by atoms with van der Waals surface area (Å²) in [4.78, 5) is 49.3. The minimum absolute atomic E-state index is 0.205. The lowest BCUT2D eigenvalue weighted by molar-refractivity contribution is -0.137. The quantitative estimate of drug-likeness (QED) is 0.649. The maximum Gasteiger partial charge on any atom is 0.418 e. The first-order valence-electron chi connectivity index (χ1n) is 9.13. The number of thioether (sulfide) groups is 1. The molecule has 0 unspecified atom stereocenters. The van der Waals surface area contributed by atoms with E-state index < -0.39 is 46.9 Å². The summed E-state index contributed by atoms with van der Waals surface area (Å²) in [6, 6.07) is 11.2. The first-order valence-corrected chi connectivity index (χ1v) is 9.95. The monoisotopic (exact) mass is 463 g/mol. The van der Waals surface area contributed by atoms with Crippen LogP contribution in [0.5, 0.6) is 0 Å². The molecule has 1 fully saturated rings. The average Bonchev–Trinajstić information content (AvgIpc) is 2.96. The van der Waals surface area contributed by atoms with Gasteiger partial charge in [-0.2, -0.15) is 13.2 Å². The van der Waals surface area contributed by atoms with Crippen LogP contribution in [-0.4, -0.2) is 34.4 Å². The van der Waals surface area contributed by atoms with Gasteiger partial charge in [0, 0.05) is 11.8 Å². The average molecular weight is 463 g/mol. The van der Waals surface area contributed by atoms with Gasteiger partial charge >= 0.3 is 6.18 Å². The number of carbonyl (C=O) groups is 4. The molecule has 11 heteroatoms. The van der Waals surface area contributed by atoms with Gasteiger partial charge in [0.15, 0.2) is 0 Å². The van der Waals surface area contributed by atoms with Gasteiger partial charge in [0.05, 0.1) is 16.2 Å². The first kappa shape index (κ1) is 23.1. The lowest BCUT2D eigenvalue weighted by atomic mass is 10.1. The molecule has 0 radical (unpaired) electrons. The topological polar surface area (TPSA) is 95.6 Å². The predicted octanol–water partition coefficient (Wildman–Crippen LogP) is 4.17. The van der Waals surface area contributed by atoms with Crippen LogP contribution in [0.3, 0.4) is 0 Å². The molecule has 0 spiro atoms. The van der Waals surface area contributed by atoms with Gasteiger partial charge in [0.2, 0.25) is 11.8 Å². The van der Waals surface area contributed by atoms with E-state index in [4.69, 9.17) is 0 Å². The fourth-order valence-corrected chi connectivity index (χ4v) is 3.55. The zero-order valence-electron chi connectivity index (χ0n) is 16.5. The Balaban J connectivity index is 1.66. The van der Waals surface area contributed by atoms with Crippen LogP contribution in [0.25, 0.3) is 0 Å². The van der Waals surface area contributed by atoms with Gasteiger partial charge in [-0.1, -0.05) is 29.8 Å². The smallest absolute Gasteiger partial charge is 0.324 e. The minimum Gasteiger partial charge on any atom is -0.324 e. The highest BCUT2D eigenvalue weighted by molar-refractivity contribution is 8.18. The number of nitrogens with one attached hydrogen (secondary N) is 2. The highest BCUT2D eigenvalue weighted by Gasteiger charge is 2.38. The molecule has 0 bridgehead atoms. The molecule has 1 aliphatic rings. The van der Waals surface area contributed by atoms with E-state index in [1.54, 1.807) is 24.3 Å². The zero-order valence-corrected chi connectivity index (χ0v) is 17.3. The largest absolute Gasteiger partial charge is 0.418 e. The Labute approximate surface area is 184 Å². The van der Waals surface area contributed by atoms with E-state index in [0.29, 0.717) is 22.3 Å². The maximum atomic E-state index is 13.1. The van der Waals surface area contributed by atoms with Gasteiger partial charge in [-0.05, 0) is 43.0 Å². The number of benzene rings is 2. The number of alkyl halides is 3. The molecule has 1 aliphatic heterocycles. The van der Waals surface area contributed by atoms with Crippen LogP contribution in [0.1, 0.15) is 11.1 Å². The Morgan fingerprint density at radius 2 is 1.69 bits per heavy atom. The van der Waals surface area contributed by atoms with Crippen LogP contribution in [-0.2, 0) is 20.6 Å². The molecule has 0 aromatic heterocycles. The maximum absolute atomic E-state index is 13.1. The summed E-state index contributed by atoms with van der Waals surface area (Å²) < 4.78 is 39.2. The number of amides is 4. The molecule has 2 N–H and O–H groups in total. The van der Waals surface area contributed by atoms with Crippen molar-refractivity contribution < 1.29 is 32.3 Å². The van der Waals surface area contributed by atoms with Crippen molar-refractivity contribution in [1.82, 2.24) is 4.90 Å². The molecular weight excluding hydrogens is 447 g/mol. The Kier molecular flexibility index (Phi) is 6.68. The van der Waals surface area contributed by atoms with E-state index >= 15 is 0 Å². The van der Waals surface area contributed by atoms with Crippen molar-refractivity contribution in [3.8, 4) is 0 Å². The number of carbonyl (C=O) groups excluding carboxylic acids is 4. The van der Waals surface area contributed by atoms with Crippen molar-refractivity contribution in [3.63, 3.8) is 0 Å². The van der Waals surface area contributed by atoms with E-state index in [1.165, 1.54) is 12.1 Å². The summed E-state index contributed by atoms with van der Waals surface area (Å²) >= 11 is 0.457. The zero-order chi connectivity index (χ0) is 23.5. The number of rotatable bonds is 5. The van der Waals surface area contributed by atoms with Gasteiger partial charge in [0.25, 0.3) is 11.1 Å². The van der Waals surface area contributed by atoms with E-state index in [1.807, 2.05) is 6.92 Å². The second-order valence-electron chi connectivity index (χ2n) is 6.71. The van der Waals surface area contributed by atoms with Crippen LogP contribution < -0.4 is 10.6 Å². The Hall–Kier alpha value is -3.60. The molecular formula is C21H16F3N3O4S. The Morgan fingerprint density at radius 3 is 2.34 bits per heavy atom. The van der Waals surface area contributed by atoms with Crippen molar-refractivity contribution in [2.45, 2.75) is 13.1 Å². The Morgan fingerprint density at radius 1 is 1.03 bits per heavy atom. The summed E-state index contributed by atoms with van der Waals surface area (Å²) in [7, 11) is 0. The van der Waals surface area contributed by atoms with Crippen molar-refractivity contribution in [3.05, 3.63) is 70.6 Å². The molecule has 0 aliphatic carbocycles. The van der Waals surface area contributed by atoms with Crippen molar-refractivity contribution in [2.24, 2.45) is 0 Å². The highest BCUT2D eigenvalue weighted by atomic mass is 32.2. The molecule has 2 aromatic carbocycles. The minimum atomic E-state index is -4.69. The molecule has 1 saturated heterocycles. The summed E-state index contributed by atoms with van der Waals surface area (Å²) in [5.74, 6) is -2.53. The fourth-order valence-electron chi connectivity index (χ4n) is 2.74. The molecule has 7 nitrogen and oxygen atoms in total. The van der Waals surface area contributed by atoms with Crippen LogP contribution in [0.4, 0.5) is 29.3 Å². The van der Waals surface area contributed by atoms with Gasteiger partial charge in [-0.3, -0.25) is 24.1 Å².